The normalized spacial score (nSPS) is 13.9. The van der Waals surface area contributed by atoms with Crippen molar-refractivity contribution in [2.75, 3.05) is 13.1 Å². The molecule has 1 N–H and O–H groups in total. The van der Waals surface area contributed by atoms with Crippen LogP contribution in [-0.2, 0) is 25.1 Å². The number of halogens is 1. The van der Waals surface area contributed by atoms with Crippen LogP contribution < -0.4 is 5.32 Å². The summed E-state index contributed by atoms with van der Waals surface area (Å²) in [4.78, 5) is 1.26. The van der Waals surface area contributed by atoms with Crippen molar-refractivity contribution in [1.82, 2.24) is 15.1 Å². The number of thioether (sulfide) groups is 1. The van der Waals surface area contributed by atoms with Gasteiger partial charge in [0.05, 0.1) is 10.7 Å². The average Bonchev–Trinajstić information content (AvgIpc) is 3.08. The number of unbranched alkanes of at least 4 members (excludes halogenated alkanes) is 1. The van der Waals surface area contributed by atoms with E-state index in [1.807, 2.05) is 18.0 Å². The van der Waals surface area contributed by atoms with Crippen LogP contribution in [0.5, 0.6) is 0 Å². The Bertz CT molecular complexity index is 949. The molecule has 1 aliphatic rings. The Hall–Kier alpha value is -1.75. The minimum absolute atomic E-state index is 0.882. The van der Waals surface area contributed by atoms with E-state index in [0.29, 0.717) is 0 Å². The van der Waals surface area contributed by atoms with Crippen molar-refractivity contribution < 1.29 is 0 Å². The molecule has 2 heterocycles. The van der Waals surface area contributed by atoms with Gasteiger partial charge in [-0.1, -0.05) is 55.3 Å². The molecule has 2 aromatic carbocycles. The lowest BCUT2D eigenvalue weighted by Gasteiger charge is -2.14. The molecular weight excluding hydrogens is 398 g/mol. The summed E-state index contributed by atoms with van der Waals surface area (Å²) < 4.78 is 2.11. The molecule has 5 heteroatoms. The zero-order valence-electron chi connectivity index (χ0n) is 17.0. The van der Waals surface area contributed by atoms with Crippen molar-refractivity contribution >= 4 is 23.4 Å². The first-order chi connectivity index (χ1) is 14.3. The summed E-state index contributed by atoms with van der Waals surface area (Å²) in [5, 5.41) is 8.85. The molecule has 1 aliphatic heterocycles. The summed E-state index contributed by atoms with van der Waals surface area (Å²) in [6.07, 6.45) is 6.37. The third-order valence-electron chi connectivity index (χ3n) is 5.51. The molecule has 0 aliphatic carbocycles. The first-order valence-corrected chi connectivity index (χ1v) is 11.9. The van der Waals surface area contributed by atoms with E-state index < -0.39 is 0 Å². The van der Waals surface area contributed by atoms with E-state index in [1.54, 1.807) is 0 Å². The van der Waals surface area contributed by atoms with Gasteiger partial charge >= 0.3 is 0 Å². The summed E-state index contributed by atoms with van der Waals surface area (Å²) in [7, 11) is 0. The van der Waals surface area contributed by atoms with Crippen molar-refractivity contribution in [3.63, 3.8) is 0 Å². The average molecular weight is 426 g/mol. The summed E-state index contributed by atoms with van der Waals surface area (Å²) in [5.41, 5.74) is 6.62. The van der Waals surface area contributed by atoms with Crippen molar-refractivity contribution in [1.29, 1.82) is 0 Å². The van der Waals surface area contributed by atoms with E-state index >= 15 is 0 Å². The van der Waals surface area contributed by atoms with Gasteiger partial charge in [0, 0.05) is 23.4 Å². The molecule has 0 bridgehead atoms. The minimum atomic E-state index is 0.882. The number of rotatable bonds is 7. The number of aryl methyl sites for hydroxylation is 1. The fourth-order valence-corrected chi connectivity index (χ4v) is 5.31. The van der Waals surface area contributed by atoms with Gasteiger partial charge in [0.15, 0.2) is 0 Å². The van der Waals surface area contributed by atoms with Crippen molar-refractivity contribution in [2.45, 2.75) is 49.8 Å². The largest absolute Gasteiger partial charge is 0.316 e. The Morgan fingerprint density at radius 3 is 2.72 bits per heavy atom. The van der Waals surface area contributed by atoms with Crippen molar-refractivity contribution in [2.24, 2.45) is 0 Å². The van der Waals surface area contributed by atoms with E-state index in [1.165, 1.54) is 39.3 Å². The molecule has 0 unspecified atom stereocenters. The van der Waals surface area contributed by atoms with Gasteiger partial charge in [0.2, 0.25) is 0 Å². The maximum Gasteiger partial charge on any atom is 0.0682 e. The second kappa shape index (κ2) is 9.84. The van der Waals surface area contributed by atoms with Crippen LogP contribution in [0.4, 0.5) is 0 Å². The topological polar surface area (TPSA) is 29.9 Å². The molecule has 0 saturated heterocycles. The number of aromatic nitrogens is 2. The standard InChI is InChI=1S/C24H28ClN3S/c1-2-3-16-28-23(12-15-27-28)20-6-4-18(5-7-20)17-29-24-21-11-14-26-13-10-19(21)8-9-22(24)25/h4-9,12,15,26H,2-3,10-11,13-14,16-17H2,1H3. The molecule has 0 saturated carbocycles. The molecule has 152 valence electrons. The lowest BCUT2D eigenvalue weighted by Crippen LogP contribution is -2.16. The van der Waals surface area contributed by atoms with E-state index in [-0.39, 0.29) is 0 Å². The van der Waals surface area contributed by atoms with Crippen LogP contribution in [0.3, 0.4) is 0 Å². The van der Waals surface area contributed by atoms with E-state index in [4.69, 9.17) is 11.6 Å². The lowest BCUT2D eigenvalue weighted by atomic mass is 10.0. The molecule has 29 heavy (non-hydrogen) atoms. The van der Waals surface area contributed by atoms with Gasteiger partial charge in [-0.05, 0) is 66.7 Å². The quantitative estimate of drug-likeness (QED) is 0.472. The second-order valence-corrected chi connectivity index (χ2v) is 8.94. The number of hydrogen-bond donors (Lipinski definition) is 1. The van der Waals surface area contributed by atoms with Crippen molar-refractivity contribution in [3.8, 4) is 11.3 Å². The van der Waals surface area contributed by atoms with Gasteiger partial charge in [-0.3, -0.25) is 4.68 Å². The molecule has 3 aromatic rings. The molecule has 0 radical (unpaired) electrons. The lowest BCUT2D eigenvalue weighted by molar-refractivity contribution is 0.577. The smallest absolute Gasteiger partial charge is 0.0682 e. The predicted octanol–water partition coefficient (Wildman–Crippen LogP) is 5.98. The summed E-state index contributed by atoms with van der Waals surface area (Å²) in [5.74, 6) is 0.930. The van der Waals surface area contributed by atoms with Gasteiger partial charge in [-0.2, -0.15) is 5.10 Å². The molecule has 3 nitrogen and oxygen atoms in total. The van der Waals surface area contributed by atoms with E-state index in [0.717, 1.165) is 49.7 Å². The molecule has 4 rings (SSSR count). The third-order valence-corrected chi connectivity index (χ3v) is 7.16. The maximum atomic E-state index is 6.58. The number of benzene rings is 2. The SMILES string of the molecule is CCCCn1nccc1-c1ccc(CSc2c(Cl)ccc3c2CCNCC3)cc1. The Kier molecular flexibility index (Phi) is 6.96. The number of fused-ring (bicyclic) bond motifs is 1. The van der Waals surface area contributed by atoms with Gasteiger partial charge in [-0.25, -0.2) is 0 Å². The third kappa shape index (κ3) is 4.88. The van der Waals surface area contributed by atoms with E-state index in [2.05, 4.69) is 64.5 Å². The van der Waals surface area contributed by atoms with Gasteiger partial charge in [0.25, 0.3) is 0 Å². The predicted molar refractivity (Wildman–Crippen MR) is 124 cm³/mol. The molecular formula is C24H28ClN3S. The van der Waals surface area contributed by atoms with Crippen LogP contribution in [0, 0.1) is 0 Å². The number of nitrogens with one attached hydrogen (secondary N) is 1. The van der Waals surface area contributed by atoms with Crippen LogP contribution >= 0.6 is 23.4 Å². The Morgan fingerprint density at radius 1 is 1.07 bits per heavy atom. The first-order valence-electron chi connectivity index (χ1n) is 10.5. The van der Waals surface area contributed by atoms with Gasteiger partial charge < -0.3 is 5.32 Å². The zero-order valence-corrected chi connectivity index (χ0v) is 18.5. The second-order valence-electron chi connectivity index (χ2n) is 7.54. The monoisotopic (exact) mass is 425 g/mol. The maximum absolute atomic E-state index is 6.58. The zero-order chi connectivity index (χ0) is 20.1. The Labute approximate surface area is 182 Å². The summed E-state index contributed by atoms with van der Waals surface area (Å²) >= 11 is 8.45. The highest BCUT2D eigenvalue weighted by atomic mass is 35.5. The van der Waals surface area contributed by atoms with Crippen LogP contribution in [0.25, 0.3) is 11.3 Å². The minimum Gasteiger partial charge on any atom is -0.316 e. The highest BCUT2D eigenvalue weighted by molar-refractivity contribution is 7.98. The first kappa shape index (κ1) is 20.5. The molecule has 0 fully saturated rings. The Morgan fingerprint density at radius 2 is 1.90 bits per heavy atom. The molecule has 0 amide bonds. The molecule has 0 atom stereocenters. The highest BCUT2D eigenvalue weighted by Gasteiger charge is 2.15. The molecule has 1 aromatic heterocycles. The summed E-state index contributed by atoms with van der Waals surface area (Å²) in [6, 6.07) is 15.3. The number of nitrogens with zero attached hydrogens (tertiary/aromatic N) is 2. The molecule has 0 spiro atoms. The highest BCUT2D eigenvalue weighted by Crippen LogP contribution is 2.36. The van der Waals surface area contributed by atoms with Gasteiger partial charge in [0.1, 0.15) is 0 Å². The van der Waals surface area contributed by atoms with Crippen molar-refractivity contribution in [3.05, 3.63) is 70.4 Å². The Balaban J connectivity index is 1.47. The van der Waals surface area contributed by atoms with Crippen LogP contribution in [-0.4, -0.2) is 22.9 Å². The van der Waals surface area contributed by atoms with Gasteiger partial charge in [-0.15, -0.1) is 11.8 Å². The summed E-state index contributed by atoms with van der Waals surface area (Å²) in [6.45, 7) is 5.27. The van der Waals surface area contributed by atoms with Crippen LogP contribution in [0.15, 0.2) is 53.6 Å². The van der Waals surface area contributed by atoms with E-state index in [9.17, 15) is 0 Å². The van der Waals surface area contributed by atoms with Crippen LogP contribution in [0.1, 0.15) is 36.5 Å². The fourth-order valence-electron chi connectivity index (χ4n) is 3.86. The fraction of sp³-hybridized carbons (Fsp3) is 0.375. The number of hydrogen-bond acceptors (Lipinski definition) is 3. The van der Waals surface area contributed by atoms with Crippen LogP contribution in [0.2, 0.25) is 5.02 Å².